The Morgan fingerprint density at radius 1 is 1.38 bits per heavy atom. The molecule has 1 amide bonds. The van der Waals surface area contributed by atoms with E-state index in [4.69, 9.17) is 9.47 Å². The number of nitro groups is 1. The number of nitro benzene ring substituents is 1. The fourth-order valence-electron chi connectivity index (χ4n) is 2.73. The van der Waals surface area contributed by atoms with Crippen molar-refractivity contribution < 1.29 is 24.0 Å². The van der Waals surface area contributed by atoms with Crippen LogP contribution in [0.4, 0.5) is 5.69 Å². The van der Waals surface area contributed by atoms with Gasteiger partial charge in [-0.1, -0.05) is 0 Å². The van der Waals surface area contributed by atoms with E-state index in [9.17, 15) is 19.7 Å². The van der Waals surface area contributed by atoms with Gasteiger partial charge in [-0.15, -0.1) is 0 Å². The quantitative estimate of drug-likeness (QED) is 0.464. The van der Waals surface area contributed by atoms with Crippen LogP contribution in [0.3, 0.4) is 0 Å². The first-order valence-electron chi connectivity index (χ1n) is 7.73. The van der Waals surface area contributed by atoms with E-state index in [2.05, 4.69) is 0 Å². The molecule has 130 valence electrons. The van der Waals surface area contributed by atoms with Crippen LogP contribution in [-0.2, 0) is 9.53 Å². The highest BCUT2D eigenvalue weighted by atomic mass is 16.6. The largest absolute Gasteiger partial charge is 0.496 e. The van der Waals surface area contributed by atoms with Crippen molar-refractivity contribution in [1.82, 2.24) is 4.90 Å². The van der Waals surface area contributed by atoms with Gasteiger partial charge in [0.2, 0.25) is 0 Å². The summed E-state index contributed by atoms with van der Waals surface area (Å²) in [7, 11) is 1.35. The van der Waals surface area contributed by atoms with Gasteiger partial charge in [-0.2, -0.15) is 0 Å². The molecule has 0 unspecified atom stereocenters. The Morgan fingerprint density at radius 3 is 2.75 bits per heavy atom. The van der Waals surface area contributed by atoms with Gasteiger partial charge in [0.25, 0.3) is 11.6 Å². The van der Waals surface area contributed by atoms with E-state index in [1.54, 1.807) is 4.90 Å². The Labute approximate surface area is 139 Å². The molecule has 1 fully saturated rings. The summed E-state index contributed by atoms with van der Waals surface area (Å²) in [5.74, 6) is -0.933. The maximum absolute atomic E-state index is 12.2. The Bertz CT molecular complexity index is 645. The second kappa shape index (κ2) is 7.76. The Balaban J connectivity index is 2.05. The molecule has 0 aliphatic carbocycles. The summed E-state index contributed by atoms with van der Waals surface area (Å²) < 4.78 is 10.1. The Morgan fingerprint density at radius 2 is 2.12 bits per heavy atom. The number of rotatable bonds is 5. The highest BCUT2D eigenvalue weighted by molar-refractivity contribution is 5.94. The normalized spacial score (nSPS) is 17.2. The van der Waals surface area contributed by atoms with Crippen molar-refractivity contribution >= 4 is 17.6 Å². The molecule has 1 atom stereocenters. The van der Waals surface area contributed by atoms with Gasteiger partial charge < -0.3 is 14.4 Å². The van der Waals surface area contributed by atoms with E-state index in [-0.39, 0.29) is 28.9 Å². The van der Waals surface area contributed by atoms with E-state index < -0.39 is 17.5 Å². The number of ether oxygens (including phenoxy) is 2. The number of likely N-dealkylation sites (tertiary alicyclic amines) is 1. The van der Waals surface area contributed by atoms with Gasteiger partial charge >= 0.3 is 5.97 Å². The van der Waals surface area contributed by atoms with Gasteiger partial charge in [0.05, 0.1) is 12.0 Å². The predicted octanol–water partition coefficient (Wildman–Crippen LogP) is 2.16. The van der Waals surface area contributed by atoms with Gasteiger partial charge in [0, 0.05) is 24.7 Å². The lowest BCUT2D eigenvalue weighted by atomic mass is 10.0. The molecule has 0 aromatic heterocycles. The number of hydrogen-bond acceptors (Lipinski definition) is 6. The molecule has 0 saturated carbocycles. The SMILES string of the molecule is COc1ccc([N+](=O)[O-])cc1C(=O)OCC(=O)N1CCCC[C@H]1C. The molecule has 24 heavy (non-hydrogen) atoms. The maximum Gasteiger partial charge on any atom is 0.342 e. The summed E-state index contributed by atoms with van der Waals surface area (Å²) in [4.78, 5) is 36.3. The van der Waals surface area contributed by atoms with Crippen LogP contribution in [-0.4, -0.2) is 48.0 Å². The number of esters is 1. The number of piperidine rings is 1. The van der Waals surface area contributed by atoms with Crippen molar-refractivity contribution in [2.45, 2.75) is 32.2 Å². The van der Waals surface area contributed by atoms with Crippen molar-refractivity contribution in [2.75, 3.05) is 20.3 Å². The summed E-state index contributed by atoms with van der Waals surface area (Å²) in [6.07, 6.45) is 2.94. The maximum atomic E-state index is 12.2. The van der Waals surface area contributed by atoms with E-state index in [0.29, 0.717) is 6.54 Å². The zero-order chi connectivity index (χ0) is 17.7. The zero-order valence-corrected chi connectivity index (χ0v) is 13.7. The lowest BCUT2D eigenvalue weighted by molar-refractivity contribution is -0.384. The average molecular weight is 336 g/mol. The first-order chi connectivity index (χ1) is 11.4. The minimum Gasteiger partial charge on any atom is -0.496 e. The van der Waals surface area contributed by atoms with Crippen LogP contribution in [0.2, 0.25) is 0 Å². The van der Waals surface area contributed by atoms with E-state index in [1.165, 1.54) is 19.2 Å². The van der Waals surface area contributed by atoms with Crippen molar-refractivity contribution in [2.24, 2.45) is 0 Å². The number of non-ortho nitro benzene ring substituents is 1. The number of methoxy groups -OCH3 is 1. The molecule has 1 saturated heterocycles. The van der Waals surface area contributed by atoms with Gasteiger partial charge in [0.1, 0.15) is 11.3 Å². The fourth-order valence-corrected chi connectivity index (χ4v) is 2.73. The highest BCUT2D eigenvalue weighted by Crippen LogP contribution is 2.25. The molecule has 0 N–H and O–H groups in total. The van der Waals surface area contributed by atoms with Crippen LogP contribution < -0.4 is 4.74 Å². The fraction of sp³-hybridized carbons (Fsp3) is 0.500. The molecule has 8 heteroatoms. The molecule has 8 nitrogen and oxygen atoms in total. The topological polar surface area (TPSA) is 99.0 Å². The van der Waals surface area contributed by atoms with Crippen molar-refractivity contribution in [1.29, 1.82) is 0 Å². The summed E-state index contributed by atoms with van der Waals surface area (Å²) in [5.41, 5.74) is -0.329. The standard InChI is InChI=1S/C16H20N2O6/c1-11-5-3-4-8-17(11)15(19)10-24-16(20)13-9-12(18(21)22)6-7-14(13)23-2/h6-7,9,11H,3-5,8,10H2,1-2H3/t11-/m1/s1. The summed E-state index contributed by atoms with van der Waals surface area (Å²) in [6.45, 7) is 2.22. The molecule has 1 aliphatic rings. The number of hydrogen-bond donors (Lipinski definition) is 0. The molecular weight excluding hydrogens is 316 g/mol. The molecule has 0 bridgehead atoms. The molecule has 2 rings (SSSR count). The van der Waals surface area contributed by atoms with Crippen LogP contribution in [0.25, 0.3) is 0 Å². The van der Waals surface area contributed by atoms with Crippen LogP contribution >= 0.6 is 0 Å². The predicted molar refractivity (Wildman–Crippen MR) is 85.0 cm³/mol. The van der Waals surface area contributed by atoms with Gasteiger partial charge in [0.15, 0.2) is 6.61 Å². The minimum atomic E-state index is -0.825. The lowest BCUT2D eigenvalue weighted by Gasteiger charge is -2.33. The molecule has 1 aliphatic heterocycles. The molecule has 1 aromatic carbocycles. The Hall–Kier alpha value is -2.64. The van der Waals surface area contributed by atoms with Crippen LogP contribution in [0, 0.1) is 10.1 Å². The molecule has 0 radical (unpaired) electrons. The summed E-state index contributed by atoms with van der Waals surface area (Å²) in [6, 6.07) is 3.76. The number of nitrogens with zero attached hydrogens (tertiary/aromatic N) is 2. The minimum absolute atomic E-state index is 0.0776. The van der Waals surface area contributed by atoms with Crippen molar-refractivity contribution in [3.05, 3.63) is 33.9 Å². The molecule has 1 heterocycles. The second-order valence-corrected chi connectivity index (χ2v) is 5.65. The smallest absolute Gasteiger partial charge is 0.342 e. The zero-order valence-electron chi connectivity index (χ0n) is 13.7. The first kappa shape index (κ1) is 17.7. The monoisotopic (exact) mass is 336 g/mol. The third-order valence-electron chi connectivity index (χ3n) is 4.06. The molecular formula is C16H20N2O6. The van der Waals surface area contributed by atoms with E-state index in [1.807, 2.05) is 6.92 Å². The highest BCUT2D eigenvalue weighted by Gasteiger charge is 2.25. The second-order valence-electron chi connectivity index (χ2n) is 5.65. The number of carbonyl (C=O) groups excluding carboxylic acids is 2. The average Bonchev–Trinajstić information content (AvgIpc) is 2.59. The number of amides is 1. The number of carbonyl (C=O) groups is 2. The first-order valence-corrected chi connectivity index (χ1v) is 7.73. The lowest BCUT2D eigenvalue weighted by Crippen LogP contribution is -2.44. The van der Waals surface area contributed by atoms with E-state index >= 15 is 0 Å². The van der Waals surface area contributed by atoms with Gasteiger partial charge in [-0.25, -0.2) is 4.79 Å². The van der Waals surface area contributed by atoms with Gasteiger partial charge in [-0.3, -0.25) is 14.9 Å². The third-order valence-corrected chi connectivity index (χ3v) is 4.06. The Kier molecular flexibility index (Phi) is 5.73. The van der Waals surface area contributed by atoms with Crippen LogP contribution in [0.1, 0.15) is 36.5 Å². The number of benzene rings is 1. The summed E-state index contributed by atoms with van der Waals surface area (Å²) in [5, 5.41) is 10.8. The van der Waals surface area contributed by atoms with Crippen molar-refractivity contribution in [3.63, 3.8) is 0 Å². The van der Waals surface area contributed by atoms with Crippen molar-refractivity contribution in [3.8, 4) is 5.75 Å². The van der Waals surface area contributed by atoms with Crippen LogP contribution in [0.5, 0.6) is 5.75 Å². The summed E-state index contributed by atoms with van der Waals surface area (Å²) >= 11 is 0. The van der Waals surface area contributed by atoms with Crippen LogP contribution in [0.15, 0.2) is 18.2 Å². The molecule has 1 aromatic rings. The van der Waals surface area contributed by atoms with Gasteiger partial charge in [-0.05, 0) is 32.3 Å². The molecule has 0 spiro atoms. The third kappa shape index (κ3) is 4.01. The van der Waals surface area contributed by atoms with E-state index in [0.717, 1.165) is 25.3 Å².